The van der Waals surface area contributed by atoms with E-state index in [0.29, 0.717) is 0 Å². The van der Waals surface area contributed by atoms with Gasteiger partial charge in [-0.2, -0.15) is 26.3 Å². The maximum atomic E-state index is 13.1. The molecule has 1 aliphatic heterocycles. The van der Waals surface area contributed by atoms with Gasteiger partial charge in [-0.05, 0) is 11.4 Å². The molecule has 2 heterocycles. The molecule has 128 valence electrons. The summed E-state index contributed by atoms with van der Waals surface area (Å²) in [6.07, 6.45) is -11.3. The quantitative estimate of drug-likeness (QED) is 0.705. The molecule has 0 spiro atoms. The Balaban J connectivity index is 2.61. The van der Waals surface area contributed by atoms with Gasteiger partial charge in [0.2, 0.25) is 11.5 Å². The van der Waals surface area contributed by atoms with Crippen LogP contribution in [0.15, 0.2) is 17.5 Å². The Morgan fingerprint density at radius 3 is 2.30 bits per heavy atom. The van der Waals surface area contributed by atoms with Crippen molar-refractivity contribution < 1.29 is 41.0 Å². The van der Waals surface area contributed by atoms with Crippen molar-refractivity contribution in [2.24, 2.45) is 5.92 Å². The van der Waals surface area contributed by atoms with Crippen LogP contribution in [-0.4, -0.2) is 35.0 Å². The van der Waals surface area contributed by atoms with E-state index in [1.807, 2.05) is 5.32 Å². The van der Waals surface area contributed by atoms with Crippen molar-refractivity contribution in [3.8, 4) is 0 Å². The largest absolute Gasteiger partial charge is 0.450 e. The van der Waals surface area contributed by atoms with Gasteiger partial charge in [0.05, 0.1) is 6.04 Å². The molecule has 1 fully saturated rings. The van der Waals surface area contributed by atoms with E-state index < -0.39 is 41.9 Å². The van der Waals surface area contributed by atoms with Gasteiger partial charge in [0.15, 0.2) is 0 Å². The standard InChI is InChI=1S/C11H8F6N2O3S/c12-10(13,14)7(20)5-6(4-2-1-3-23-4)18-8(21)19-9(5,22)11(15,16)17/h1-3,5-6,22H,(H2,18,19,21). The van der Waals surface area contributed by atoms with E-state index in [0.717, 1.165) is 22.7 Å². The zero-order valence-electron chi connectivity index (χ0n) is 10.8. The van der Waals surface area contributed by atoms with Crippen LogP contribution in [0.5, 0.6) is 0 Å². The highest BCUT2D eigenvalue weighted by atomic mass is 32.1. The molecule has 2 rings (SSSR count). The number of hydrogen-bond acceptors (Lipinski definition) is 4. The molecule has 2 amide bonds. The predicted octanol–water partition coefficient (Wildman–Crippen LogP) is 2.10. The maximum Gasteiger partial charge on any atom is 0.450 e. The molecule has 1 aliphatic rings. The fourth-order valence-electron chi connectivity index (χ4n) is 2.22. The lowest BCUT2D eigenvalue weighted by Gasteiger charge is -2.44. The van der Waals surface area contributed by atoms with Crippen molar-refractivity contribution in [1.29, 1.82) is 0 Å². The molecule has 12 heteroatoms. The number of hydrogen-bond donors (Lipinski definition) is 3. The smallest absolute Gasteiger partial charge is 0.363 e. The molecule has 1 saturated heterocycles. The van der Waals surface area contributed by atoms with Gasteiger partial charge in [0.25, 0.3) is 0 Å². The molecule has 0 aromatic carbocycles. The van der Waals surface area contributed by atoms with Crippen molar-refractivity contribution >= 4 is 23.2 Å². The van der Waals surface area contributed by atoms with Crippen LogP contribution in [0, 0.1) is 5.92 Å². The zero-order chi connectivity index (χ0) is 17.6. The summed E-state index contributed by atoms with van der Waals surface area (Å²) in [5, 5.41) is 13.9. The predicted molar refractivity (Wildman–Crippen MR) is 64.3 cm³/mol. The summed E-state index contributed by atoms with van der Waals surface area (Å²) in [6.45, 7) is 0. The van der Waals surface area contributed by atoms with Crippen molar-refractivity contribution in [3.63, 3.8) is 0 Å². The minimum absolute atomic E-state index is 0.134. The first-order valence-electron chi connectivity index (χ1n) is 5.90. The summed E-state index contributed by atoms with van der Waals surface area (Å²) in [6, 6.07) is -1.07. The summed E-state index contributed by atoms with van der Waals surface area (Å²) in [4.78, 5) is 22.8. The fraction of sp³-hybridized carbons (Fsp3) is 0.455. The second-order valence-corrected chi connectivity index (χ2v) is 5.67. The average Bonchev–Trinajstić information content (AvgIpc) is 2.88. The summed E-state index contributed by atoms with van der Waals surface area (Å²) < 4.78 is 77.4. The number of rotatable bonds is 2. The number of carbonyl (C=O) groups is 2. The minimum atomic E-state index is -5.70. The summed E-state index contributed by atoms with van der Waals surface area (Å²) in [5.41, 5.74) is -4.35. The highest BCUT2D eigenvalue weighted by molar-refractivity contribution is 7.10. The van der Waals surface area contributed by atoms with Crippen LogP contribution in [0.3, 0.4) is 0 Å². The normalized spacial score (nSPS) is 28.9. The topological polar surface area (TPSA) is 78.4 Å². The van der Waals surface area contributed by atoms with E-state index in [9.17, 15) is 41.0 Å². The van der Waals surface area contributed by atoms with Crippen molar-refractivity contribution in [1.82, 2.24) is 10.6 Å². The molecule has 0 saturated carbocycles. The first-order valence-corrected chi connectivity index (χ1v) is 6.78. The highest BCUT2D eigenvalue weighted by Gasteiger charge is 2.69. The first kappa shape index (κ1) is 17.5. The number of alkyl halides is 6. The SMILES string of the molecule is O=C1NC(c2cccs2)C(C(=O)C(F)(F)F)C(O)(C(F)(F)F)N1. The van der Waals surface area contributed by atoms with Gasteiger partial charge in [0, 0.05) is 4.88 Å². The molecule has 0 radical (unpaired) electrons. The van der Waals surface area contributed by atoms with Crippen LogP contribution >= 0.6 is 11.3 Å². The minimum Gasteiger partial charge on any atom is -0.363 e. The van der Waals surface area contributed by atoms with Crippen LogP contribution in [0.1, 0.15) is 10.9 Å². The van der Waals surface area contributed by atoms with Crippen LogP contribution in [-0.2, 0) is 4.79 Å². The molecular weight excluding hydrogens is 354 g/mol. The number of halogens is 6. The third-order valence-electron chi connectivity index (χ3n) is 3.22. The van der Waals surface area contributed by atoms with E-state index in [2.05, 4.69) is 0 Å². The van der Waals surface area contributed by atoms with Gasteiger partial charge in [-0.3, -0.25) is 4.79 Å². The van der Waals surface area contributed by atoms with Crippen molar-refractivity contribution in [2.75, 3.05) is 0 Å². The number of ketones is 1. The van der Waals surface area contributed by atoms with Crippen molar-refractivity contribution in [2.45, 2.75) is 24.1 Å². The summed E-state index contributed by atoms with van der Waals surface area (Å²) in [5.74, 6) is -5.83. The Bertz CT molecular complexity index is 614. The van der Waals surface area contributed by atoms with E-state index in [1.165, 1.54) is 11.4 Å². The maximum absolute atomic E-state index is 13.1. The monoisotopic (exact) mass is 362 g/mol. The third-order valence-corrected chi connectivity index (χ3v) is 4.17. The first-order chi connectivity index (χ1) is 10.4. The number of amides is 2. The number of nitrogens with one attached hydrogen (secondary N) is 2. The number of aliphatic hydroxyl groups is 1. The molecular formula is C11H8F6N2O3S. The van der Waals surface area contributed by atoms with Crippen molar-refractivity contribution in [3.05, 3.63) is 22.4 Å². The zero-order valence-corrected chi connectivity index (χ0v) is 11.6. The van der Waals surface area contributed by atoms with Gasteiger partial charge in [-0.25, -0.2) is 4.79 Å². The molecule has 1 aromatic heterocycles. The van der Waals surface area contributed by atoms with E-state index >= 15 is 0 Å². The van der Waals surface area contributed by atoms with Crippen LogP contribution in [0.2, 0.25) is 0 Å². The molecule has 1 aromatic rings. The number of urea groups is 1. The number of Topliss-reactive ketones (excluding diaryl/α,β-unsaturated/α-hetero) is 1. The Morgan fingerprint density at radius 2 is 1.87 bits per heavy atom. The Hall–Kier alpha value is -1.82. The second kappa shape index (κ2) is 5.37. The lowest BCUT2D eigenvalue weighted by molar-refractivity contribution is -0.295. The highest BCUT2D eigenvalue weighted by Crippen LogP contribution is 2.45. The van der Waals surface area contributed by atoms with Crippen LogP contribution in [0.25, 0.3) is 0 Å². The summed E-state index contributed by atoms with van der Waals surface area (Å²) in [7, 11) is 0. The molecule has 5 nitrogen and oxygen atoms in total. The average molecular weight is 362 g/mol. The van der Waals surface area contributed by atoms with Gasteiger partial charge >= 0.3 is 18.4 Å². The Morgan fingerprint density at radius 1 is 1.26 bits per heavy atom. The number of carbonyl (C=O) groups excluding carboxylic acids is 2. The molecule has 0 aliphatic carbocycles. The van der Waals surface area contributed by atoms with Gasteiger partial charge in [-0.15, -0.1) is 11.3 Å². The molecule has 3 N–H and O–H groups in total. The third kappa shape index (κ3) is 3.00. The van der Waals surface area contributed by atoms with Gasteiger partial charge in [0.1, 0.15) is 5.92 Å². The van der Waals surface area contributed by atoms with E-state index in [-0.39, 0.29) is 4.88 Å². The fourth-order valence-corrected chi connectivity index (χ4v) is 3.03. The van der Waals surface area contributed by atoms with Crippen LogP contribution < -0.4 is 10.6 Å². The van der Waals surface area contributed by atoms with Crippen LogP contribution in [0.4, 0.5) is 31.1 Å². The number of thiophene rings is 1. The molecule has 3 unspecified atom stereocenters. The Kier molecular flexibility index (Phi) is 4.09. The lowest BCUT2D eigenvalue weighted by atomic mass is 9.81. The molecule has 23 heavy (non-hydrogen) atoms. The Labute approximate surface area is 128 Å². The lowest BCUT2D eigenvalue weighted by Crippen LogP contribution is -2.73. The van der Waals surface area contributed by atoms with E-state index in [4.69, 9.17) is 0 Å². The molecule has 3 atom stereocenters. The van der Waals surface area contributed by atoms with Gasteiger partial charge in [-0.1, -0.05) is 6.07 Å². The van der Waals surface area contributed by atoms with Gasteiger partial charge < -0.3 is 15.7 Å². The molecule has 0 bridgehead atoms. The summed E-state index contributed by atoms with van der Waals surface area (Å²) >= 11 is 0.734. The second-order valence-electron chi connectivity index (χ2n) is 4.70. The van der Waals surface area contributed by atoms with E-state index in [1.54, 1.807) is 0 Å².